The maximum Gasteiger partial charge on any atom is 0.253 e. The minimum atomic E-state index is -0.764. The lowest BCUT2D eigenvalue weighted by molar-refractivity contribution is 0.100. The molecule has 0 aliphatic rings. The molecule has 0 aliphatic heterocycles. The third-order valence-electron chi connectivity index (χ3n) is 4.81. The number of aromatic amines is 1. The molecule has 0 saturated carbocycles. The Hall–Kier alpha value is -3.74. The van der Waals surface area contributed by atoms with E-state index in [1.54, 1.807) is 30.3 Å². The Kier molecular flexibility index (Phi) is 5.90. The number of carbonyl (C=O) groups is 2. The van der Waals surface area contributed by atoms with E-state index >= 15 is 0 Å². The molecule has 0 spiro atoms. The molecule has 160 valence electrons. The van der Waals surface area contributed by atoms with Crippen molar-refractivity contribution < 1.29 is 14.3 Å². The Morgan fingerprint density at radius 3 is 2.16 bits per heavy atom. The standard InChI is InChI=1S/C24H17Cl2N3O3/c25-14-8-11-17(18(26)12-14)23(30)22-20(27)19(24(28)31)21(29-22)13-6-9-16(10-7-13)32-15-4-2-1-3-5-15/h1-12,29H,27H2,(H2,28,31). The molecule has 1 aromatic heterocycles. The second-order valence-corrected chi connectivity index (χ2v) is 7.76. The number of ketones is 1. The van der Waals surface area contributed by atoms with E-state index in [-0.39, 0.29) is 27.5 Å². The summed E-state index contributed by atoms with van der Waals surface area (Å²) in [7, 11) is 0. The van der Waals surface area contributed by atoms with Gasteiger partial charge in [0.2, 0.25) is 5.78 Å². The number of hydrogen-bond donors (Lipinski definition) is 3. The van der Waals surface area contributed by atoms with E-state index in [1.807, 2.05) is 30.3 Å². The van der Waals surface area contributed by atoms with Gasteiger partial charge in [-0.2, -0.15) is 0 Å². The Morgan fingerprint density at radius 2 is 1.53 bits per heavy atom. The summed E-state index contributed by atoms with van der Waals surface area (Å²) in [5.41, 5.74) is 12.8. The van der Waals surface area contributed by atoms with E-state index in [4.69, 9.17) is 39.4 Å². The molecule has 5 N–H and O–H groups in total. The van der Waals surface area contributed by atoms with E-state index in [2.05, 4.69) is 4.98 Å². The molecule has 4 rings (SSSR count). The molecule has 8 heteroatoms. The largest absolute Gasteiger partial charge is 0.457 e. The number of rotatable bonds is 6. The minimum Gasteiger partial charge on any atom is -0.457 e. The topological polar surface area (TPSA) is 111 Å². The van der Waals surface area contributed by atoms with Crippen LogP contribution in [0.1, 0.15) is 26.4 Å². The van der Waals surface area contributed by atoms with Gasteiger partial charge in [-0.3, -0.25) is 9.59 Å². The van der Waals surface area contributed by atoms with Gasteiger partial charge in [0.25, 0.3) is 5.91 Å². The number of aromatic nitrogens is 1. The van der Waals surface area contributed by atoms with Gasteiger partial charge in [0.15, 0.2) is 0 Å². The molecule has 4 aromatic rings. The smallest absolute Gasteiger partial charge is 0.253 e. The number of nitrogens with one attached hydrogen (secondary N) is 1. The van der Waals surface area contributed by atoms with Crippen molar-refractivity contribution in [2.45, 2.75) is 0 Å². The highest BCUT2D eigenvalue weighted by Gasteiger charge is 2.26. The molecule has 3 aromatic carbocycles. The molecule has 32 heavy (non-hydrogen) atoms. The van der Waals surface area contributed by atoms with Crippen molar-refractivity contribution in [1.29, 1.82) is 0 Å². The highest BCUT2D eigenvalue weighted by Crippen LogP contribution is 2.34. The Morgan fingerprint density at radius 1 is 0.875 bits per heavy atom. The van der Waals surface area contributed by atoms with E-state index in [1.165, 1.54) is 12.1 Å². The number of halogens is 2. The Bertz CT molecular complexity index is 1320. The van der Waals surface area contributed by atoms with Gasteiger partial charge in [0.05, 0.1) is 22.0 Å². The molecule has 1 amide bonds. The van der Waals surface area contributed by atoms with Crippen LogP contribution in [0.25, 0.3) is 11.3 Å². The maximum atomic E-state index is 13.1. The van der Waals surface area contributed by atoms with Crippen molar-refractivity contribution in [3.05, 3.63) is 99.7 Å². The number of anilines is 1. The lowest BCUT2D eigenvalue weighted by Gasteiger charge is -2.07. The fourth-order valence-corrected chi connectivity index (χ4v) is 3.78. The molecule has 0 atom stereocenters. The predicted octanol–water partition coefficient (Wildman–Crippen LogP) is 5.69. The summed E-state index contributed by atoms with van der Waals surface area (Å²) in [4.78, 5) is 28.2. The molecular weight excluding hydrogens is 449 g/mol. The molecule has 0 unspecified atom stereocenters. The number of amides is 1. The Balaban J connectivity index is 1.71. The first-order chi connectivity index (χ1) is 15.3. The van der Waals surface area contributed by atoms with E-state index in [9.17, 15) is 9.59 Å². The first-order valence-corrected chi connectivity index (χ1v) is 10.2. The highest BCUT2D eigenvalue weighted by molar-refractivity contribution is 6.37. The van der Waals surface area contributed by atoms with Crippen LogP contribution in [-0.4, -0.2) is 16.7 Å². The van der Waals surface area contributed by atoms with Crippen LogP contribution in [0.5, 0.6) is 11.5 Å². The lowest BCUT2D eigenvalue weighted by atomic mass is 10.0. The van der Waals surface area contributed by atoms with Gasteiger partial charge in [-0.15, -0.1) is 0 Å². The number of H-pyrrole nitrogens is 1. The monoisotopic (exact) mass is 465 g/mol. The van der Waals surface area contributed by atoms with Crippen LogP contribution < -0.4 is 16.2 Å². The molecule has 6 nitrogen and oxygen atoms in total. The van der Waals surface area contributed by atoms with Crippen LogP contribution in [0, 0.1) is 0 Å². The van der Waals surface area contributed by atoms with Crippen LogP contribution >= 0.6 is 23.2 Å². The lowest BCUT2D eigenvalue weighted by Crippen LogP contribution is -2.14. The number of carbonyl (C=O) groups excluding carboxylic acids is 2. The zero-order valence-corrected chi connectivity index (χ0v) is 18.1. The van der Waals surface area contributed by atoms with E-state index < -0.39 is 11.7 Å². The second-order valence-electron chi connectivity index (χ2n) is 6.92. The Labute approximate surface area is 193 Å². The summed E-state index contributed by atoms with van der Waals surface area (Å²) >= 11 is 12.1. The first-order valence-electron chi connectivity index (χ1n) is 9.49. The number of primary amides is 1. The summed E-state index contributed by atoms with van der Waals surface area (Å²) in [6, 6.07) is 20.8. The normalized spacial score (nSPS) is 10.7. The van der Waals surface area contributed by atoms with Crippen LogP contribution in [0.3, 0.4) is 0 Å². The van der Waals surface area contributed by atoms with Crippen LogP contribution in [0.15, 0.2) is 72.8 Å². The van der Waals surface area contributed by atoms with Gasteiger partial charge >= 0.3 is 0 Å². The maximum absolute atomic E-state index is 13.1. The van der Waals surface area contributed by atoms with E-state index in [0.717, 1.165) is 0 Å². The third-order valence-corrected chi connectivity index (χ3v) is 5.36. The quantitative estimate of drug-likeness (QED) is 0.317. The molecule has 0 saturated heterocycles. The fraction of sp³-hybridized carbons (Fsp3) is 0. The van der Waals surface area contributed by atoms with E-state index in [0.29, 0.717) is 27.8 Å². The van der Waals surface area contributed by atoms with Gasteiger partial charge in [0, 0.05) is 10.6 Å². The third kappa shape index (κ3) is 4.19. The average molecular weight is 466 g/mol. The summed E-state index contributed by atoms with van der Waals surface area (Å²) < 4.78 is 5.79. The summed E-state index contributed by atoms with van der Waals surface area (Å²) in [5, 5.41) is 0.559. The molecular formula is C24H17Cl2N3O3. The summed E-state index contributed by atoms with van der Waals surface area (Å²) in [5.74, 6) is 0.0424. The molecule has 0 radical (unpaired) electrons. The molecule has 0 bridgehead atoms. The van der Waals surface area contributed by atoms with Crippen molar-refractivity contribution in [2.24, 2.45) is 5.73 Å². The van der Waals surface area contributed by atoms with Crippen LogP contribution in [-0.2, 0) is 0 Å². The fourth-order valence-electron chi connectivity index (χ4n) is 3.29. The molecule has 0 fully saturated rings. The van der Waals surface area contributed by atoms with Crippen molar-refractivity contribution >= 4 is 40.6 Å². The predicted molar refractivity (Wildman–Crippen MR) is 126 cm³/mol. The van der Waals surface area contributed by atoms with Crippen LogP contribution in [0.2, 0.25) is 10.0 Å². The van der Waals surface area contributed by atoms with Crippen molar-refractivity contribution in [3.8, 4) is 22.8 Å². The average Bonchev–Trinajstić information content (AvgIpc) is 3.12. The number of para-hydroxylation sites is 1. The zero-order chi connectivity index (χ0) is 22.8. The van der Waals surface area contributed by atoms with Crippen molar-refractivity contribution in [2.75, 3.05) is 5.73 Å². The van der Waals surface area contributed by atoms with Gasteiger partial charge in [0.1, 0.15) is 17.2 Å². The number of benzene rings is 3. The SMILES string of the molecule is NC(=O)c1c(-c2ccc(Oc3ccccc3)cc2)[nH]c(C(=O)c2ccc(Cl)cc2Cl)c1N. The first kappa shape index (κ1) is 21.5. The summed E-state index contributed by atoms with van der Waals surface area (Å²) in [6.07, 6.45) is 0. The van der Waals surface area contributed by atoms with Gasteiger partial charge in [-0.25, -0.2) is 0 Å². The molecule has 0 aliphatic carbocycles. The van der Waals surface area contributed by atoms with Gasteiger partial charge < -0.3 is 21.2 Å². The summed E-state index contributed by atoms with van der Waals surface area (Å²) in [6.45, 7) is 0. The van der Waals surface area contributed by atoms with Crippen LogP contribution in [0.4, 0.5) is 5.69 Å². The number of nitrogens with two attached hydrogens (primary N) is 2. The number of nitrogen functional groups attached to an aromatic ring is 1. The second kappa shape index (κ2) is 8.78. The van der Waals surface area contributed by atoms with Gasteiger partial charge in [-0.1, -0.05) is 41.4 Å². The molecule has 1 heterocycles. The minimum absolute atomic E-state index is 0.0163. The van der Waals surface area contributed by atoms with Crippen molar-refractivity contribution in [3.63, 3.8) is 0 Å². The number of hydrogen-bond acceptors (Lipinski definition) is 4. The van der Waals surface area contributed by atoms with Gasteiger partial charge in [-0.05, 0) is 60.2 Å². The number of ether oxygens (including phenoxy) is 1. The highest BCUT2D eigenvalue weighted by atomic mass is 35.5. The zero-order valence-electron chi connectivity index (χ0n) is 16.6. The van der Waals surface area contributed by atoms with Crippen molar-refractivity contribution in [1.82, 2.24) is 4.98 Å².